The lowest BCUT2D eigenvalue weighted by Crippen LogP contribution is -2.29. The number of benzene rings is 2. The summed E-state index contributed by atoms with van der Waals surface area (Å²) in [7, 11) is 0. The van der Waals surface area contributed by atoms with Gasteiger partial charge in [0.1, 0.15) is 6.54 Å². The minimum atomic E-state index is -0.930. The van der Waals surface area contributed by atoms with Crippen LogP contribution < -0.4 is 4.90 Å². The zero-order valence-electron chi connectivity index (χ0n) is 11.2. The molecule has 1 N–H and O–H groups in total. The molecule has 0 aliphatic carbocycles. The fourth-order valence-corrected chi connectivity index (χ4v) is 1.98. The van der Waals surface area contributed by atoms with Crippen LogP contribution in [0, 0.1) is 10.1 Å². The molecule has 0 atom stereocenters. The molecule has 6 nitrogen and oxygen atoms in total. The molecule has 0 spiro atoms. The van der Waals surface area contributed by atoms with E-state index in [-0.39, 0.29) is 12.2 Å². The third-order valence-electron chi connectivity index (χ3n) is 2.97. The lowest BCUT2D eigenvalue weighted by Gasteiger charge is -2.22. The molecule has 2 aromatic carbocycles. The van der Waals surface area contributed by atoms with Crippen LogP contribution >= 0.6 is 0 Å². The number of nitrogens with zero attached hydrogens (tertiary/aromatic N) is 2. The zero-order chi connectivity index (χ0) is 15.2. The highest BCUT2D eigenvalue weighted by Crippen LogP contribution is 2.18. The average Bonchev–Trinajstić information content (AvgIpc) is 2.47. The second-order valence-electron chi connectivity index (χ2n) is 4.51. The van der Waals surface area contributed by atoms with Crippen LogP contribution in [-0.2, 0) is 11.3 Å². The number of hydrogen-bond donors (Lipinski definition) is 1. The smallest absolute Gasteiger partial charge is 0.323 e. The Balaban J connectivity index is 2.18. The van der Waals surface area contributed by atoms with Crippen molar-refractivity contribution in [2.75, 3.05) is 11.4 Å². The number of aliphatic carboxylic acids is 1. The summed E-state index contributed by atoms with van der Waals surface area (Å²) in [5.41, 5.74) is 1.62. The molecule has 0 unspecified atom stereocenters. The van der Waals surface area contributed by atoms with Crippen LogP contribution in [0.15, 0.2) is 54.6 Å². The van der Waals surface area contributed by atoms with E-state index in [0.29, 0.717) is 6.54 Å². The number of nitro groups is 1. The Morgan fingerprint density at radius 3 is 2.24 bits per heavy atom. The summed E-state index contributed by atoms with van der Waals surface area (Å²) in [4.78, 5) is 22.8. The maximum atomic E-state index is 11.0. The molecule has 2 aromatic rings. The number of carboxylic acid groups (broad SMARTS) is 1. The highest BCUT2D eigenvalue weighted by Gasteiger charge is 2.12. The van der Waals surface area contributed by atoms with Crippen molar-refractivity contribution < 1.29 is 14.8 Å². The van der Waals surface area contributed by atoms with Gasteiger partial charge in [-0.05, 0) is 17.7 Å². The Kier molecular flexibility index (Phi) is 4.50. The Bertz CT molecular complexity index is 626. The van der Waals surface area contributed by atoms with Crippen molar-refractivity contribution in [1.82, 2.24) is 0 Å². The van der Waals surface area contributed by atoms with Crippen molar-refractivity contribution in [3.8, 4) is 0 Å². The van der Waals surface area contributed by atoms with Gasteiger partial charge in [0.25, 0.3) is 5.69 Å². The summed E-state index contributed by atoms with van der Waals surface area (Å²) in [6.45, 7) is 0.231. The predicted molar refractivity (Wildman–Crippen MR) is 78.2 cm³/mol. The van der Waals surface area contributed by atoms with Crippen LogP contribution in [0.25, 0.3) is 0 Å². The number of rotatable bonds is 6. The van der Waals surface area contributed by atoms with Gasteiger partial charge in [0.2, 0.25) is 0 Å². The number of non-ortho nitro benzene ring substituents is 1. The van der Waals surface area contributed by atoms with E-state index in [0.717, 1.165) is 11.3 Å². The van der Waals surface area contributed by atoms with Crippen molar-refractivity contribution in [1.29, 1.82) is 0 Å². The molecule has 0 aliphatic rings. The number of hydrogen-bond acceptors (Lipinski definition) is 4. The molecule has 0 aromatic heterocycles. The number of carbonyl (C=O) groups is 1. The normalized spacial score (nSPS) is 10.1. The summed E-state index contributed by atoms with van der Waals surface area (Å²) in [6.07, 6.45) is 0. The summed E-state index contributed by atoms with van der Waals surface area (Å²) in [5, 5.41) is 19.6. The van der Waals surface area contributed by atoms with Crippen molar-refractivity contribution in [3.63, 3.8) is 0 Å². The largest absolute Gasteiger partial charge is 0.480 e. The van der Waals surface area contributed by atoms with Crippen LogP contribution in [0.3, 0.4) is 0 Å². The van der Waals surface area contributed by atoms with Gasteiger partial charge in [0, 0.05) is 24.4 Å². The van der Waals surface area contributed by atoms with Gasteiger partial charge in [-0.1, -0.05) is 30.3 Å². The molecule has 0 bridgehead atoms. The van der Waals surface area contributed by atoms with Crippen molar-refractivity contribution in [2.24, 2.45) is 0 Å². The zero-order valence-corrected chi connectivity index (χ0v) is 11.2. The minimum Gasteiger partial charge on any atom is -0.480 e. The summed E-state index contributed by atoms with van der Waals surface area (Å²) >= 11 is 0. The van der Waals surface area contributed by atoms with E-state index in [1.807, 2.05) is 30.3 Å². The van der Waals surface area contributed by atoms with Gasteiger partial charge in [-0.3, -0.25) is 14.9 Å². The first kappa shape index (κ1) is 14.5. The van der Waals surface area contributed by atoms with E-state index in [1.165, 1.54) is 12.1 Å². The van der Waals surface area contributed by atoms with Gasteiger partial charge >= 0.3 is 5.97 Å². The molecule has 0 amide bonds. The number of carboxylic acids is 1. The number of anilines is 1. The Hall–Kier alpha value is -2.89. The van der Waals surface area contributed by atoms with Crippen molar-refractivity contribution >= 4 is 17.3 Å². The summed E-state index contributed by atoms with van der Waals surface area (Å²) < 4.78 is 0. The lowest BCUT2D eigenvalue weighted by atomic mass is 10.2. The second kappa shape index (κ2) is 6.51. The molecular formula is C15H14N2O4. The standard InChI is InChI=1S/C15H14N2O4/c18-15(19)11-16(13-4-2-1-3-5-13)10-12-6-8-14(9-7-12)17(20)21/h1-9H,10-11H2,(H,18,19). The highest BCUT2D eigenvalue weighted by molar-refractivity contribution is 5.73. The number of nitro benzene ring substituents is 1. The van der Waals surface area contributed by atoms with Gasteiger partial charge in [0.05, 0.1) is 4.92 Å². The second-order valence-corrected chi connectivity index (χ2v) is 4.51. The maximum absolute atomic E-state index is 11.0. The quantitative estimate of drug-likeness (QED) is 0.652. The van der Waals surface area contributed by atoms with Crippen molar-refractivity contribution in [3.05, 3.63) is 70.3 Å². The van der Waals surface area contributed by atoms with Crippen LogP contribution in [0.4, 0.5) is 11.4 Å². The Morgan fingerprint density at radius 2 is 1.71 bits per heavy atom. The van der Waals surface area contributed by atoms with E-state index in [1.54, 1.807) is 17.0 Å². The first-order valence-electron chi connectivity index (χ1n) is 6.31. The van der Waals surface area contributed by atoms with Gasteiger partial charge in [0.15, 0.2) is 0 Å². The molecule has 0 radical (unpaired) electrons. The predicted octanol–water partition coefficient (Wildman–Crippen LogP) is 2.69. The fraction of sp³-hybridized carbons (Fsp3) is 0.133. The highest BCUT2D eigenvalue weighted by atomic mass is 16.6. The van der Waals surface area contributed by atoms with Crippen LogP contribution in [0.2, 0.25) is 0 Å². The first-order valence-corrected chi connectivity index (χ1v) is 6.31. The molecule has 0 aliphatic heterocycles. The van der Waals surface area contributed by atoms with Crippen LogP contribution in [-0.4, -0.2) is 22.5 Å². The van der Waals surface area contributed by atoms with Gasteiger partial charge < -0.3 is 10.0 Å². The maximum Gasteiger partial charge on any atom is 0.323 e. The molecular weight excluding hydrogens is 272 g/mol. The summed E-state index contributed by atoms with van der Waals surface area (Å²) in [5.74, 6) is -0.930. The molecule has 0 heterocycles. The summed E-state index contributed by atoms with van der Waals surface area (Å²) in [6, 6.07) is 15.3. The SMILES string of the molecule is O=C(O)CN(Cc1ccc([N+](=O)[O-])cc1)c1ccccc1. The Morgan fingerprint density at radius 1 is 1.10 bits per heavy atom. The van der Waals surface area contributed by atoms with Crippen LogP contribution in [0.1, 0.15) is 5.56 Å². The molecule has 0 saturated heterocycles. The topological polar surface area (TPSA) is 83.7 Å². The number of para-hydroxylation sites is 1. The monoisotopic (exact) mass is 286 g/mol. The van der Waals surface area contributed by atoms with E-state index in [9.17, 15) is 14.9 Å². The average molecular weight is 286 g/mol. The molecule has 21 heavy (non-hydrogen) atoms. The van der Waals surface area contributed by atoms with Crippen LogP contribution in [0.5, 0.6) is 0 Å². The third-order valence-corrected chi connectivity index (χ3v) is 2.97. The van der Waals surface area contributed by atoms with Gasteiger partial charge in [-0.2, -0.15) is 0 Å². The third kappa shape index (κ3) is 4.04. The van der Waals surface area contributed by atoms with E-state index in [2.05, 4.69) is 0 Å². The fourth-order valence-electron chi connectivity index (χ4n) is 1.98. The Labute approximate surface area is 121 Å². The van der Waals surface area contributed by atoms with Crippen molar-refractivity contribution in [2.45, 2.75) is 6.54 Å². The van der Waals surface area contributed by atoms with Gasteiger partial charge in [-0.15, -0.1) is 0 Å². The molecule has 108 valence electrons. The van der Waals surface area contributed by atoms with E-state index in [4.69, 9.17) is 5.11 Å². The lowest BCUT2D eigenvalue weighted by molar-refractivity contribution is -0.384. The molecule has 0 saturated carbocycles. The van der Waals surface area contributed by atoms with E-state index >= 15 is 0 Å². The van der Waals surface area contributed by atoms with E-state index < -0.39 is 10.9 Å². The molecule has 2 rings (SSSR count). The molecule has 0 fully saturated rings. The minimum absolute atomic E-state index is 0.0169. The molecule has 6 heteroatoms. The first-order chi connectivity index (χ1) is 10.1. The van der Waals surface area contributed by atoms with Gasteiger partial charge in [-0.25, -0.2) is 0 Å².